The molecule has 292 valence electrons. The zero-order chi connectivity index (χ0) is 39.0. The van der Waals surface area contributed by atoms with Gasteiger partial charge in [-0.05, 0) is 87.1 Å². The number of hydrogen-bond donors (Lipinski definition) is 3. The standard InChI is InChI=1S/C42H48Cl2N4O7/c1-28-30(8-5-9-33(28)34-10-6-11-36(39(34)44)53-17-7-15-48-16-12-42(26-48,27-49)41(51)52)25-55-38-20-37(54-24-29-18-31(40(45)50)22-46-21-29)32(19-35(38)43)23-47-13-3-2-4-14-47/h5-6,8-11,18-22,49H,2-4,7,12-17,23-27H2,1H3,(H2,45,50)(H,51,52). The van der Waals surface area contributed by atoms with Gasteiger partial charge in [0.15, 0.2) is 0 Å². The van der Waals surface area contributed by atoms with Crippen molar-refractivity contribution in [2.45, 2.75) is 58.8 Å². The molecule has 55 heavy (non-hydrogen) atoms. The Kier molecular flexibility index (Phi) is 13.5. The lowest BCUT2D eigenvalue weighted by Gasteiger charge is -2.27. The monoisotopic (exact) mass is 790 g/mol. The molecule has 1 atom stereocenters. The molecule has 0 radical (unpaired) electrons. The first-order chi connectivity index (χ1) is 26.6. The van der Waals surface area contributed by atoms with Gasteiger partial charge < -0.3 is 35.1 Å². The van der Waals surface area contributed by atoms with Gasteiger partial charge in [0, 0.05) is 54.8 Å². The number of halogens is 2. The van der Waals surface area contributed by atoms with Crippen LogP contribution in [0.3, 0.4) is 0 Å². The largest absolute Gasteiger partial charge is 0.492 e. The van der Waals surface area contributed by atoms with Crippen molar-refractivity contribution >= 4 is 35.1 Å². The maximum absolute atomic E-state index is 11.7. The van der Waals surface area contributed by atoms with E-state index in [1.54, 1.807) is 12.3 Å². The molecule has 13 heteroatoms. The Morgan fingerprint density at radius 3 is 2.38 bits per heavy atom. The van der Waals surface area contributed by atoms with Crippen molar-refractivity contribution in [2.75, 3.05) is 45.9 Å². The van der Waals surface area contributed by atoms with Crippen LogP contribution < -0.4 is 19.9 Å². The predicted molar refractivity (Wildman–Crippen MR) is 212 cm³/mol. The van der Waals surface area contributed by atoms with Crippen molar-refractivity contribution in [1.29, 1.82) is 0 Å². The Hall–Kier alpha value is -4.39. The van der Waals surface area contributed by atoms with Crippen LogP contribution in [0.4, 0.5) is 0 Å². The number of amides is 1. The van der Waals surface area contributed by atoms with Crippen molar-refractivity contribution in [1.82, 2.24) is 14.8 Å². The number of aliphatic carboxylic acids is 1. The normalized spacial score (nSPS) is 17.6. The summed E-state index contributed by atoms with van der Waals surface area (Å²) in [5, 5.41) is 20.2. The van der Waals surface area contributed by atoms with Gasteiger partial charge in [0.2, 0.25) is 5.91 Å². The van der Waals surface area contributed by atoms with E-state index in [0.29, 0.717) is 84.0 Å². The van der Waals surface area contributed by atoms with Crippen LogP contribution in [0, 0.1) is 12.3 Å². The summed E-state index contributed by atoms with van der Waals surface area (Å²) in [4.78, 5) is 32.0. The maximum atomic E-state index is 11.7. The van der Waals surface area contributed by atoms with E-state index in [9.17, 15) is 19.8 Å². The van der Waals surface area contributed by atoms with Gasteiger partial charge in [0.25, 0.3) is 0 Å². The van der Waals surface area contributed by atoms with Gasteiger partial charge in [0.1, 0.15) is 35.9 Å². The van der Waals surface area contributed by atoms with Crippen LogP contribution in [0.15, 0.2) is 67.0 Å². The lowest BCUT2D eigenvalue weighted by Crippen LogP contribution is -2.38. The fourth-order valence-corrected chi connectivity index (χ4v) is 7.80. The van der Waals surface area contributed by atoms with Crippen LogP contribution in [0.25, 0.3) is 11.1 Å². The maximum Gasteiger partial charge on any atom is 0.313 e. The molecule has 1 amide bonds. The minimum atomic E-state index is -1.09. The fourth-order valence-electron chi connectivity index (χ4n) is 7.27. The first-order valence-electron chi connectivity index (χ1n) is 18.7. The molecule has 11 nitrogen and oxygen atoms in total. The molecule has 2 aliphatic heterocycles. The number of aliphatic hydroxyl groups excluding tert-OH is 1. The summed E-state index contributed by atoms with van der Waals surface area (Å²) < 4.78 is 18.8. The van der Waals surface area contributed by atoms with Gasteiger partial charge in [-0.2, -0.15) is 0 Å². The van der Waals surface area contributed by atoms with Crippen LogP contribution in [0.5, 0.6) is 17.2 Å². The summed E-state index contributed by atoms with van der Waals surface area (Å²) in [7, 11) is 0. The van der Waals surface area contributed by atoms with E-state index in [4.69, 9.17) is 43.1 Å². The third-order valence-corrected chi connectivity index (χ3v) is 11.3. The summed E-state index contributed by atoms with van der Waals surface area (Å²) in [5.41, 5.74) is 10.1. The molecule has 1 unspecified atom stereocenters. The highest BCUT2D eigenvalue weighted by molar-refractivity contribution is 6.35. The highest BCUT2D eigenvalue weighted by Gasteiger charge is 2.44. The number of pyridine rings is 1. The highest BCUT2D eigenvalue weighted by atomic mass is 35.5. The molecular weight excluding hydrogens is 743 g/mol. The molecule has 4 N–H and O–H groups in total. The molecule has 2 fully saturated rings. The van der Waals surface area contributed by atoms with Crippen molar-refractivity contribution in [3.63, 3.8) is 0 Å². The van der Waals surface area contributed by atoms with Gasteiger partial charge in [-0.1, -0.05) is 60.0 Å². The summed E-state index contributed by atoms with van der Waals surface area (Å²) in [6.07, 6.45) is 7.74. The Balaban J connectivity index is 1.13. The van der Waals surface area contributed by atoms with Gasteiger partial charge >= 0.3 is 5.97 Å². The predicted octanol–water partition coefficient (Wildman–Crippen LogP) is 7.14. The molecule has 6 rings (SSSR count). The van der Waals surface area contributed by atoms with Crippen molar-refractivity contribution in [3.8, 4) is 28.4 Å². The third kappa shape index (κ3) is 9.89. The van der Waals surface area contributed by atoms with Gasteiger partial charge in [-0.25, -0.2) is 0 Å². The lowest BCUT2D eigenvalue weighted by atomic mass is 9.88. The third-order valence-electron chi connectivity index (χ3n) is 10.6. The number of carboxylic acids is 1. The first-order valence-corrected chi connectivity index (χ1v) is 19.4. The van der Waals surface area contributed by atoms with Crippen LogP contribution in [0.2, 0.25) is 10.0 Å². The number of aliphatic hydroxyl groups is 1. The smallest absolute Gasteiger partial charge is 0.313 e. The average molecular weight is 792 g/mol. The van der Waals surface area contributed by atoms with Crippen molar-refractivity contribution in [3.05, 3.63) is 105 Å². The number of carbonyl (C=O) groups is 2. The number of benzene rings is 3. The molecule has 0 aliphatic carbocycles. The number of hydrogen-bond acceptors (Lipinski definition) is 9. The quantitative estimate of drug-likeness (QED) is 0.0943. The van der Waals surface area contributed by atoms with E-state index in [1.165, 1.54) is 12.6 Å². The molecule has 0 saturated carbocycles. The van der Waals surface area contributed by atoms with Crippen LogP contribution in [-0.2, 0) is 24.6 Å². The first kappa shape index (κ1) is 40.3. The van der Waals surface area contributed by atoms with Crippen LogP contribution >= 0.6 is 23.2 Å². The molecule has 2 aliphatic rings. The SMILES string of the molecule is Cc1c(COc2cc(OCc3cncc(C(N)=O)c3)c(CN3CCCCC3)cc2Cl)cccc1-c1cccc(OCCCN2CCC(CO)(C(=O)O)C2)c1Cl. The Morgan fingerprint density at radius 1 is 0.873 bits per heavy atom. The number of aromatic nitrogens is 1. The fraction of sp³-hybridized carbons (Fsp3) is 0.405. The van der Waals surface area contributed by atoms with Gasteiger partial charge in [0.05, 0.1) is 28.8 Å². The summed E-state index contributed by atoms with van der Waals surface area (Å²) in [5.74, 6) is 0.191. The molecule has 0 spiro atoms. The number of carbonyl (C=O) groups excluding carboxylic acids is 1. The van der Waals surface area contributed by atoms with E-state index in [0.717, 1.165) is 53.7 Å². The number of nitrogens with two attached hydrogens (primary N) is 1. The molecule has 3 heterocycles. The van der Waals surface area contributed by atoms with E-state index in [-0.39, 0.29) is 19.8 Å². The van der Waals surface area contributed by atoms with Crippen LogP contribution in [-0.4, -0.2) is 82.8 Å². The van der Waals surface area contributed by atoms with E-state index < -0.39 is 17.3 Å². The number of likely N-dealkylation sites (tertiary alicyclic amines) is 2. The molecule has 1 aromatic heterocycles. The zero-order valence-electron chi connectivity index (χ0n) is 31.1. The van der Waals surface area contributed by atoms with Crippen molar-refractivity contribution < 1.29 is 34.0 Å². The van der Waals surface area contributed by atoms with Crippen LogP contribution in [0.1, 0.15) is 64.7 Å². The minimum Gasteiger partial charge on any atom is -0.492 e. The van der Waals surface area contributed by atoms with E-state index >= 15 is 0 Å². The summed E-state index contributed by atoms with van der Waals surface area (Å²) in [6, 6.07) is 17.1. The molecule has 4 aromatic rings. The lowest BCUT2D eigenvalue weighted by molar-refractivity contribution is -0.150. The second kappa shape index (κ2) is 18.5. The Labute approximate surface area is 331 Å². The molecule has 3 aromatic carbocycles. The second-order valence-corrected chi connectivity index (χ2v) is 15.2. The van der Waals surface area contributed by atoms with E-state index in [2.05, 4.69) is 14.8 Å². The summed E-state index contributed by atoms with van der Waals surface area (Å²) in [6.45, 7) is 6.83. The number of nitrogens with zero attached hydrogens (tertiary/aromatic N) is 3. The minimum absolute atomic E-state index is 0.184. The Morgan fingerprint density at radius 2 is 1.64 bits per heavy atom. The molecular formula is C42H48Cl2N4O7. The number of ether oxygens (including phenoxy) is 3. The topological polar surface area (TPSA) is 148 Å². The molecule has 2 saturated heterocycles. The Bertz CT molecular complexity index is 1990. The zero-order valence-corrected chi connectivity index (χ0v) is 32.6. The van der Waals surface area contributed by atoms with Crippen molar-refractivity contribution in [2.24, 2.45) is 11.1 Å². The number of rotatable bonds is 17. The molecule has 0 bridgehead atoms. The summed E-state index contributed by atoms with van der Waals surface area (Å²) >= 11 is 13.8. The second-order valence-electron chi connectivity index (χ2n) is 14.4. The highest BCUT2D eigenvalue weighted by Crippen LogP contribution is 2.39. The average Bonchev–Trinajstić information content (AvgIpc) is 3.62. The number of piperidine rings is 1. The van der Waals surface area contributed by atoms with E-state index in [1.807, 2.05) is 55.5 Å². The van der Waals surface area contributed by atoms with Gasteiger partial charge in [-0.3, -0.25) is 19.5 Å². The van der Waals surface area contributed by atoms with Gasteiger partial charge in [-0.15, -0.1) is 0 Å². The number of primary amides is 1. The number of carboxylic acid groups (broad SMARTS) is 1.